The molecule has 2 aliphatic rings. The molecule has 1 heterocycles. The Balaban J connectivity index is 2.25. The summed E-state index contributed by atoms with van der Waals surface area (Å²) in [5.41, 5.74) is 1.33. The molecule has 15 heavy (non-hydrogen) atoms. The van der Waals surface area contributed by atoms with E-state index in [0.717, 1.165) is 12.8 Å². The van der Waals surface area contributed by atoms with Crippen LogP contribution in [0.1, 0.15) is 33.1 Å². The van der Waals surface area contributed by atoms with Gasteiger partial charge in [-0.15, -0.1) is 0 Å². The predicted octanol–water partition coefficient (Wildman–Crippen LogP) is 2.32. The number of nitrogens with zero attached hydrogens (tertiary/aromatic N) is 1. The van der Waals surface area contributed by atoms with E-state index in [1.54, 1.807) is 0 Å². The van der Waals surface area contributed by atoms with Crippen LogP contribution in [-0.4, -0.2) is 18.4 Å². The summed E-state index contributed by atoms with van der Waals surface area (Å²) in [7, 11) is 0. The lowest BCUT2D eigenvalue weighted by Gasteiger charge is -2.33. The Labute approximate surface area is 90.2 Å². The molecule has 0 aromatic heterocycles. The van der Waals surface area contributed by atoms with Crippen LogP contribution in [0.5, 0.6) is 0 Å². The lowest BCUT2D eigenvalue weighted by Crippen LogP contribution is -2.35. The smallest absolute Gasteiger partial charge is 0.249 e. The Hall–Kier alpha value is -1.12. The molecule has 3 heteroatoms. The molecule has 0 radical (unpaired) electrons. The van der Waals surface area contributed by atoms with Crippen LogP contribution in [-0.2, 0) is 9.53 Å². The van der Waals surface area contributed by atoms with Gasteiger partial charge in [0.15, 0.2) is 5.90 Å². The SMILES string of the molecule is CCOC1=NC(=O)C[C@H]2C(C)=CCC[C@@H]12. The van der Waals surface area contributed by atoms with Gasteiger partial charge in [-0.05, 0) is 32.6 Å². The van der Waals surface area contributed by atoms with Gasteiger partial charge < -0.3 is 4.74 Å². The first-order valence-electron chi connectivity index (χ1n) is 5.63. The van der Waals surface area contributed by atoms with Crippen molar-refractivity contribution >= 4 is 11.8 Å². The van der Waals surface area contributed by atoms with Gasteiger partial charge in [-0.3, -0.25) is 4.79 Å². The number of carbonyl (C=O) groups is 1. The molecular formula is C12H17NO2. The minimum absolute atomic E-state index is 0.0330. The summed E-state index contributed by atoms with van der Waals surface area (Å²) in [6.07, 6.45) is 4.94. The summed E-state index contributed by atoms with van der Waals surface area (Å²) < 4.78 is 5.47. The van der Waals surface area contributed by atoms with E-state index < -0.39 is 0 Å². The fourth-order valence-corrected chi connectivity index (χ4v) is 2.49. The van der Waals surface area contributed by atoms with Crippen molar-refractivity contribution in [2.75, 3.05) is 6.61 Å². The van der Waals surface area contributed by atoms with E-state index in [0.29, 0.717) is 30.8 Å². The maximum absolute atomic E-state index is 11.5. The van der Waals surface area contributed by atoms with Crippen molar-refractivity contribution in [2.24, 2.45) is 16.8 Å². The summed E-state index contributed by atoms with van der Waals surface area (Å²) in [5.74, 6) is 1.32. The normalized spacial score (nSPS) is 30.4. The second-order valence-electron chi connectivity index (χ2n) is 4.22. The third kappa shape index (κ3) is 1.96. The first-order chi connectivity index (χ1) is 7.22. The van der Waals surface area contributed by atoms with Gasteiger partial charge in [0.25, 0.3) is 0 Å². The Kier molecular flexibility index (Phi) is 2.89. The zero-order valence-corrected chi connectivity index (χ0v) is 9.32. The number of hydrogen-bond donors (Lipinski definition) is 0. The van der Waals surface area contributed by atoms with Crippen LogP contribution in [0.2, 0.25) is 0 Å². The fourth-order valence-electron chi connectivity index (χ4n) is 2.49. The van der Waals surface area contributed by atoms with E-state index in [9.17, 15) is 4.79 Å². The molecule has 0 bridgehead atoms. The highest BCUT2D eigenvalue weighted by molar-refractivity contribution is 5.96. The van der Waals surface area contributed by atoms with Crippen molar-refractivity contribution in [3.8, 4) is 0 Å². The molecule has 0 fully saturated rings. The van der Waals surface area contributed by atoms with E-state index in [2.05, 4.69) is 18.0 Å². The molecule has 0 spiro atoms. The van der Waals surface area contributed by atoms with E-state index >= 15 is 0 Å². The predicted molar refractivity (Wildman–Crippen MR) is 58.7 cm³/mol. The number of rotatable bonds is 1. The second-order valence-corrected chi connectivity index (χ2v) is 4.22. The van der Waals surface area contributed by atoms with Crippen LogP contribution in [0.25, 0.3) is 0 Å². The lowest BCUT2D eigenvalue weighted by molar-refractivity contribution is -0.119. The molecule has 3 nitrogen and oxygen atoms in total. The summed E-state index contributed by atoms with van der Waals surface area (Å²) in [5, 5.41) is 0. The number of amides is 1. The molecule has 1 aliphatic carbocycles. The highest BCUT2D eigenvalue weighted by atomic mass is 16.5. The van der Waals surface area contributed by atoms with Crippen LogP contribution < -0.4 is 0 Å². The highest BCUT2D eigenvalue weighted by Crippen LogP contribution is 2.36. The van der Waals surface area contributed by atoms with Crippen LogP contribution in [0.15, 0.2) is 16.6 Å². The molecule has 0 N–H and O–H groups in total. The van der Waals surface area contributed by atoms with Crippen molar-refractivity contribution in [1.82, 2.24) is 0 Å². The largest absolute Gasteiger partial charge is 0.481 e. The molecule has 1 amide bonds. The number of ether oxygens (including phenoxy) is 1. The topological polar surface area (TPSA) is 38.7 Å². The first-order valence-corrected chi connectivity index (χ1v) is 5.63. The first kappa shape index (κ1) is 10.4. The highest BCUT2D eigenvalue weighted by Gasteiger charge is 2.36. The molecule has 0 saturated heterocycles. The molecule has 0 aromatic carbocycles. The van der Waals surface area contributed by atoms with Crippen LogP contribution in [0, 0.1) is 11.8 Å². The summed E-state index contributed by atoms with van der Waals surface area (Å²) in [4.78, 5) is 15.5. The van der Waals surface area contributed by atoms with Crippen LogP contribution in [0.4, 0.5) is 0 Å². The molecule has 82 valence electrons. The molecule has 2 atom stereocenters. The van der Waals surface area contributed by atoms with Gasteiger partial charge in [0.05, 0.1) is 6.61 Å². The van der Waals surface area contributed by atoms with Gasteiger partial charge in [-0.1, -0.05) is 11.6 Å². The summed E-state index contributed by atoms with van der Waals surface area (Å²) in [6, 6.07) is 0. The molecule has 2 rings (SSSR count). The van der Waals surface area contributed by atoms with Gasteiger partial charge in [-0.25, -0.2) is 0 Å². The maximum Gasteiger partial charge on any atom is 0.249 e. The minimum atomic E-state index is -0.0330. The number of hydrogen-bond acceptors (Lipinski definition) is 2. The van der Waals surface area contributed by atoms with Crippen molar-refractivity contribution in [3.63, 3.8) is 0 Å². The van der Waals surface area contributed by atoms with Crippen LogP contribution in [0.3, 0.4) is 0 Å². The number of carbonyl (C=O) groups excluding carboxylic acids is 1. The molecule has 0 aromatic rings. The fraction of sp³-hybridized carbons (Fsp3) is 0.667. The Morgan fingerprint density at radius 2 is 2.33 bits per heavy atom. The third-order valence-electron chi connectivity index (χ3n) is 3.25. The Morgan fingerprint density at radius 3 is 3.07 bits per heavy atom. The number of aliphatic imine (C=N–C) groups is 1. The number of fused-ring (bicyclic) bond motifs is 1. The molecule has 1 aliphatic heterocycles. The standard InChI is InChI=1S/C12H17NO2/c1-3-15-12-9-6-4-5-8(2)10(9)7-11(14)13-12/h5,9-10H,3-4,6-7H2,1-2H3/t9-,10+/m1/s1. The quantitative estimate of drug-likeness (QED) is 0.619. The van der Waals surface area contributed by atoms with E-state index in [4.69, 9.17) is 4.74 Å². The van der Waals surface area contributed by atoms with Gasteiger partial charge in [0.2, 0.25) is 5.91 Å². The zero-order chi connectivity index (χ0) is 10.8. The lowest BCUT2D eigenvalue weighted by atomic mass is 9.75. The van der Waals surface area contributed by atoms with E-state index in [1.165, 1.54) is 5.57 Å². The van der Waals surface area contributed by atoms with Crippen molar-refractivity contribution in [2.45, 2.75) is 33.1 Å². The minimum Gasteiger partial charge on any atom is -0.481 e. The van der Waals surface area contributed by atoms with Crippen molar-refractivity contribution < 1.29 is 9.53 Å². The monoisotopic (exact) mass is 207 g/mol. The summed E-state index contributed by atoms with van der Waals surface area (Å²) in [6.45, 7) is 4.64. The van der Waals surface area contributed by atoms with Gasteiger partial charge in [0.1, 0.15) is 0 Å². The van der Waals surface area contributed by atoms with Crippen LogP contribution >= 0.6 is 0 Å². The summed E-state index contributed by atoms with van der Waals surface area (Å²) >= 11 is 0. The average molecular weight is 207 g/mol. The third-order valence-corrected chi connectivity index (χ3v) is 3.25. The zero-order valence-electron chi connectivity index (χ0n) is 9.32. The molecule has 0 unspecified atom stereocenters. The van der Waals surface area contributed by atoms with E-state index in [1.807, 2.05) is 6.92 Å². The second kappa shape index (κ2) is 4.17. The van der Waals surface area contributed by atoms with Gasteiger partial charge in [-0.2, -0.15) is 4.99 Å². The Morgan fingerprint density at radius 1 is 1.53 bits per heavy atom. The molecular weight excluding hydrogens is 190 g/mol. The van der Waals surface area contributed by atoms with Gasteiger partial charge in [0, 0.05) is 12.3 Å². The van der Waals surface area contributed by atoms with E-state index in [-0.39, 0.29) is 5.91 Å². The average Bonchev–Trinajstić information content (AvgIpc) is 2.20. The van der Waals surface area contributed by atoms with Crippen molar-refractivity contribution in [1.29, 1.82) is 0 Å². The maximum atomic E-state index is 11.5. The van der Waals surface area contributed by atoms with Gasteiger partial charge >= 0.3 is 0 Å². The Bertz CT molecular complexity index is 331. The van der Waals surface area contributed by atoms with Crippen molar-refractivity contribution in [3.05, 3.63) is 11.6 Å². The molecule has 0 saturated carbocycles. The number of allylic oxidation sites excluding steroid dienone is 2.